The SMILES string of the molecule is COC(=O)NC1CCN(C(=O)C2CC(N)C(C)CC2C)C1. The predicted molar refractivity (Wildman–Crippen MR) is 79.6 cm³/mol. The maximum atomic E-state index is 12.7. The fourth-order valence-electron chi connectivity index (χ4n) is 3.57. The highest BCUT2D eigenvalue weighted by molar-refractivity contribution is 5.80. The number of likely N-dealkylation sites (tertiary alicyclic amines) is 1. The Morgan fingerprint density at radius 2 is 1.95 bits per heavy atom. The molecule has 0 aromatic carbocycles. The molecule has 120 valence electrons. The number of ether oxygens (including phenoxy) is 1. The maximum absolute atomic E-state index is 12.7. The van der Waals surface area contributed by atoms with Crippen molar-refractivity contribution in [3.05, 3.63) is 0 Å². The van der Waals surface area contributed by atoms with E-state index in [1.807, 2.05) is 4.90 Å². The Morgan fingerprint density at radius 3 is 2.62 bits per heavy atom. The van der Waals surface area contributed by atoms with Gasteiger partial charge in [0.15, 0.2) is 0 Å². The molecule has 6 heteroatoms. The molecule has 1 aliphatic carbocycles. The molecule has 2 aliphatic rings. The molecule has 3 N–H and O–H groups in total. The number of methoxy groups -OCH3 is 1. The van der Waals surface area contributed by atoms with Crippen molar-refractivity contribution in [1.29, 1.82) is 0 Å². The lowest BCUT2D eigenvalue weighted by atomic mass is 9.72. The highest BCUT2D eigenvalue weighted by Crippen LogP contribution is 2.34. The van der Waals surface area contributed by atoms with Crippen molar-refractivity contribution < 1.29 is 14.3 Å². The van der Waals surface area contributed by atoms with E-state index in [0.717, 1.165) is 19.3 Å². The molecule has 1 aliphatic heterocycles. The standard InChI is InChI=1S/C15H27N3O3/c1-9-6-10(2)13(16)7-12(9)14(19)18-5-4-11(8-18)17-15(20)21-3/h9-13H,4-8,16H2,1-3H3,(H,17,20). The van der Waals surface area contributed by atoms with Gasteiger partial charge in [-0.25, -0.2) is 4.79 Å². The predicted octanol–water partition coefficient (Wildman–Crippen LogP) is 0.953. The van der Waals surface area contributed by atoms with Crippen molar-refractivity contribution in [1.82, 2.24) is 10.2 Å². The van der Waals surface area contributed by atoms with Crippen LogP contribution in [0, 0.1) is 17.8 Å². The van der Waals surface area contributed by atoms with Gasteiger partial charge in [0.2, 0.25) is 5.91 Å². The van der Waals surface area contributed by atoms with E-state index in [1.165, 1.54) is 7.11 Å². The van der Waals surface area contributed by atoms with Gasteiger partial charge in [0.05, 0.1) is 13.2 Å². The van der Waals surface area contributed by atoms with Gasteiger partial charge in [-0.15, -0.1) is 0 Å². The number of hydrogen-bond donors (Lipinski definition) is 2. The van der Waals surface area contributed by atoms with E-state index in [2.05, 4.69) is 23.9 Å². The van der Waals surface area contributed by atoms with Crippen molar-refractivity contribution in [2.75, 3.05) is 20.2 Å². The molecule has 1 saturated heterocycles. The van der Waals surface area contributed by atoms with Crippen LogP contribution in [0.3, 0.4) is 0 Å². The number of hydrogen-bond acceptors (Lipinski definition) is 4. The summed E-state index contributed by atoms with van der Waals surface area (Å²) in [5.74, 6) is 1.07. The molecule has 6 nitrogen and oxygen atoms in total. The Balaban J connectivity index is 1.90. The van der Waals surface area contributed by atoms with E-state index >= 15 is 0 Å². The summed E-state index contributed by atoms with van der Waals surface area (Å²) in [5, 5.41) is 2.76. The van der Waals surface area contributed by atoms with Crippen LogP contribution >= 0.6 is 0 Å². The Hall–Kier alpha value is -1.30. The van der Waals surface area contributed by atoms with Crippen molar-refractivity contribution in [3.8, 4) is 0 Å². The average Bonchev–Trinajstić information content (AvgIpc) is 2.90. The van der Waals surface area contributed by atoms with E-state index in [9.17, 15) is 9.59 Å². The van der Waals surface area contributed by atoms with Gasteiger partial charge in [-0.05, 0) is 31.1 Å². The Labute approximate surface area is 126 Å². The highest BCUT2D eigenvalue weighted by Gasteiger charge is 2.39. The van der Waals surface area contributed by atoms with E-state index < -0.39 is 6.09 Å². The molecule has 21 heavy (non-hydrogen) atoms. The van der Waals surface area contributed by atoms with E-state index in [1.54, 1.807) is 0 Å². The van der Waals surface area contributed by atoms with Gasteiger partial charge in [-0.3, -0.25) is 4.79 Å². The van der Waals surface area contributed by atoms with Crippen LogP contribution in [0.4, 0.5) is 4.79 Å². The molecule has 1 saturated carbocycles. The smallest absolute Gasteiger partial charge is 0.407 e. The molecular formula is C15H27N3O3. The highest BCUT2D eigenvalue weighted by atomic mass is 16.5. The number of carbonyl (C=O) groups is 2. The van der Waals surface area contributed by atoms with Crippen molar-refractivity contribution in [3.63, 3.8) is 0 Å². The lowest BCUT2D eigenvalue weighted by molar-refractivity contribution is -0.138. The second-order valence-corrected chi connectivity index (χ2v) is 6.60. The lowest BCUT2D eigenvalue weighted by Crippen LogP contribution is -2.47. The zero-order valence-electron chi connectivity index (χ0n) is 13.2. The summed E-state index contributed by atoms with van der Waals surface area (Å²) in [7, 11) is 1.35. The lowest BCUT2D eigenvalue weighted by Gasteiger charge is -2.37. The first-order valence-corrected chi connectivity index (χ1v) is 7.81. The minimum absolute atomic E-state index is 0.00658. The number of amides is 2. The topological polar surface area (TPSA) is 84.7 Å². The van der Waals surface area contributed by atoms with Gasteiger partial charge < -0.3 is 20.7 Å². The molecule has 0 bridgehead atoms. The number of alkyl carbamates (subject to hydrolysis) is 1. The maximum Gasteiger partial charge on any atom is 0.407 e. The van der Waals surface area contributed by atoms with Gasteiger partial charge >= 0.3 is 6.09 Å². The molecule has 2 amide bonds. The van der Waals surface area contributed by atoms with Crippen LogP contribution in [0.2, 0.25) is 0 Å². The molecule has 0 spiro atoms. The van der Waals surface area contributed by atoms with Gasteiger partial charge in [0.1, 0.15) is 0 Å². The number of nitrogens with zero attached hydrogens (tertiary/aromatic N) is 1. The van der Waals surface area contributed by atoms with Gasteiger partial charge in [0.25, 0.3) is 0 Å². The molecule has 1 heterocycles. The average molecular weight is 297 g/mol. The molecule has 0 aromatic rings. The number of nitrogens with two attached hydrogens (primary N) is 1. The van der Waals surface area contributed by atoms with Crippen LogP contribution in [0.1, 0.15) is 33.1 Å². The first kappa shape index (κ1) is 16.1. The van der Waals surface area contributed by atoms with Crippen LogP contribution in [-0.2, 0) is 9.53 Å². The normalized spacial score (nSPS) is 36.4. The summed E-state index contributed by atoms with van der Waals surface area (Å²) in [6.45, 7) is 5.57. The van der Waals surface area contributed by atoms with Crippen molar-refractivity contribution in [2.45, 2.75) is 45.2 Å². The van der Waals surface area contributed by atoms with Crippen LogP contribution < -0.4 is 11.1 Å². The molecule has 5 unspecified atom stereocenters. The summed E-state index contributed by atoms with van der Waals surface area (Å²) < 4.78 is 4.60. The Bertz CT molecular complexity index is 402. The number of carbonyl (C=O) groups excluding carboxylic acids is 2. The molecule has 5 atom stereocenters. The largest absolute Gasteiger partial charge is 0.453 e. The van der Waals surface area contributed by atoms with Gasteiger partial charge in [-0.2, -0.15) is 0 Å². The fourth-order valence-corrected chi connectivity index (χ4v) is 3.57. The summed E-state index contributed by atoms with van der Waals surface area (Å²) in [4.78, 5) is 25.8. The van der Waals surface area contributed by atoms with Crippen LogP contribution in [0.15, 0.2) is 0 Å². The third-order valence-electron chi connectivity index (χ3n) is 5.01. The molecular weight excluding hydrogens is 270 g/mol. The third kappa shape index (κ3) is 3.67. The van der Waals surface area contributed by atoms with E-state index in [-0.39, 0.29) is 23.9 Å². The summed E-state index contributed by atoms with van der Waals surface area (Å²) in [5.41, 5.74) is 6.13. The third-order valence-corrected chi connectivity index (χ3v) is 5.01. The van der Waals surface area contributed by atoms with E-state index in [4.69, 9.17) is 5.73 Å². The first-order chi connectivity index (χ1) is 9.92. The van der Waals surface area contributed by atoms with Crippen LogP contribution in [-0.4, -0.2) is 49.2 Å². The fraction of sp³-hybridized carbons (Fsp3) is 0.867. The van der Waals surface area contributed by atoms with Crippen LogP contribution in [0.5, 0.6) is 0 Å². The molecule has 2 fully saturated rings. The summed E-state index contributed by atoms with van der Waals surface area (Å²) in [6, 6.07) is 0.106. The molecule has 0 radical (unpaired) electrons. The Morgan fingerprint density at radius 1 is 1.24 bits per heavy atom. The summed E-state index contributed by atoms with van der Waals surface area (Å²) >= 11 is 0. The monoisotopic (exact) mass is 297 g/mol. The first-order valence-electron chi connectivity index (χ1n) is 7.81. The zero-order chi connectivity index (χ0) is 15.6. The van der Waals surface area contributed by atoms with Crippen LogP contribution in [0.25, 0.3) is 0 Å². The van der Waals surface area contributed by atoms with Gasteiger partial charge in [-0.1, -0.05) is 13.8 Å². The minimum Gasteiger partial charge on any atom is -0.453 e. The quantitative estimate of drug-likeness (QED) is 0.795. The molecule has 2 rings (SSSR count). The second kappa shape index (κ2) is 6.64. The zero-order valence-corrected chi connectivity index (χ0v) is 13.2. The van der Waals surface area contributed by atoms with Crippen molar-refractivity contribution >= 4 is 12.0 Å². The second-order valence-electron chi connectivity index (χ2n) is 6.60. The van der Waals surface area contributed by atoms with Gasteiger partial charge in [0, 0.05) is 25.0 Å². The van der Waals surface area contributed by atoms with E-state index in [0.29, 0.717) is 24.9 Å². The minimum atomic E-state index is -0.434. The summed E-state index contributed by atoms with van der Waals surface area (Å²) in [6.07, 6.45) is 2.13. The Kier molecular flexibility index (Phi) is 5.08. The number of nitrogens with one attached hydrogen (secondary N) is 1. The molecule has 0 aromatic heterocycles. The number of rotatable bonds is 2. The van der Waals surface area contributed by atoms with Crippen molar-refractivity contribution in [2.24, 2.45) is 23.5 Å².